The molecular formula is C21H20N4O3. The number of nitrogens with zero attached hydrogens (tertiary/aromatic N) is 2. The Hall–Kier alpha value is -3.61. The first kappa shape index (κ1) is 17.8. The second-order valence-corrected chi connectivity index (χ2v) is 6.47. The van der Waals surface area contributed by atoms with Gasteiger partial charge in [-0.15, -0.1) is 0 Å². The SMILES string of the molecule is Cc1ccc(CNC(=O)c2ccnc(NCc3ccc4c(c3)OCO4)n2)cc1. The third-order valence-corrected chi connectivity index (χ3v) is 4.35. The number of hydrogen-bond acceptors (Lipinski definition) is 6. The Bertz CT molecular complexity index is 989. The Morgan fingerprint density at radius 1 is 1.00 bits per heavy atom. The van der Waals surface area contributed by atoms with Crippen molar-refractivity contribution < 1.29 is 14.3 Å². The molecule has 0 aliphatic carbocycles. The number of ether oxygens (including phenoxy) is 2. The number of aryl methyl sites for hydroxylation is 1. The summed E-state index contributed by atoms with van der Waals surface area (Å²) in [5.41, 5.74) is 3.54. The van der Waals surface area contributed by atoms with Gasteiger partial charge in [-0.1, -0.05) is 35.9 Å². The maximum absolute atomic E-state index is 12.4. The lowest BCUT2D eigenvalue weighted by Crippen LogP contribution is -2.24. The van der Waals surface area contributed by atoms with E-state index >= 15 is 0 Å². The number of benzene rings is 2. The molecule has 0 fully saturated rings. The summed E-state index contributed by atoms with van der Waals surface area (Å²) in [4.78, 5) is 20.9. The van der Waals surface area contributed by atoms with Gasteiger partial charge in [-0.2, -0.15) is 0 Å². The number of anilines is 1. The predicted octanol–water partition coefficient (Wildman–Crippen LogP) is 3.06. The zero-order valence-electron chi connectivity index (χ0n) is 15.4. The third-order valence-electron chi connectivity index (χ3n) is 4.35. The van der Waals surface area contributed by atoms with Gasteiger partial charge >= 0.3 is 0 Å². The Labute approximate surface area is 162 Å². The van der Waals surface area contributed by atoms with Gasteiger partial charge in [-0.3, -0.25) is 4.79 Å². The second-order valence-electron chi connectivity index (χ2n) is 6.47. The number of amides is 1. The Morgan fingerprint density at radius 2 is 1.79 bits per heavy atom. The van der Waals surface area contributed by atoms with E-state index in [1.807, 2.05) is 49.4 Å². The normalized spacial score (nSPS) is 11.9. The van der Waals surface area contributed by atoms with Crippen molar-refractivity contribution >= 4 is 11.9 Å². The molecule has 4 rings (SSSR count). The van der Waals surface area contributed by atoms with Gasteiger partial charge in [0.2, 0.25) is 12.7 Å². The van der Waals surface area contributed by atoms with Crippen LogP contribution in [0, 0.1) is 6.92 Å². The molecule has 7 heteroatoms. The molecule has 1 aromatic heterocycles. The van der Waals surface area contributed by atoms with E-state index in [1.165, 1.54) is 5.56 Å². The second kappa shape index (κ2) is 7.96. The summed E-state index contributed by atoms with van der Waals surface area (Å²) >= 11 is 0. The topological polar surface area (TPSA) is 85.4 Å². The number of hydrogen-bond donors (Lipinski definition) is 2. The number of fused-ring (bicyclic) bond motifs is 1. The molecule has 0 spiro atoms. The number of carbonyl (C=O) groups is 1. The van der Waals surface area contributed by atoms with E-state index in [0.717, 1.165) is 22.6 Å². The molecule has 0 radical (unpaired) electrons. The molecule has 0 saturated carbocycles. The lowest BCUT2D eigenvalue weighted by atomic mass is 10.1. The minimum atomic E-state index is -0.242. The quantitative estimate of drug-likeness (QED) is 0.688. The Morgan fingerprint density at radius 3 is 2.64 bits per heavy atom. The van der Waals surface area contributed by atoms with Gasteiger partial charge in [0, 0.05) is 19.3 Å². The minimum Gasteiger partial charge on any atom is -0.454 e. The van der Waals surface area contributed by atoms with Gasteiger partial charge in [0.15, 0.2) is 11.5 Å². The smallest absolute Gasteiger partial charge is 0.270 e. The van der Waals surface area contributed by atoms with Crippen LogP contribution in [-0.2, 0) is 13.1 Å². The molecule has 7 nitrogen and oxygen atoms in total. The van der Waals surface area contributed by atoms with Crippen molar-refractivity contribution in [2.24, 2.45) is 0 Å². The molecule has 3 aromatic rings. The zero-order chi connectivity index (χ0) is 19.3. The van der Waals surface area contributed by atoms with Crippen molar-refractivity contribution in [1.29, 1.82) is 0 Å². The summed E-state index contributed by atoms with van der Waals surface area (Å²) in [5, 5.41) is 6.01. The molecule has 0 atom stereocenters. The highest BCUT2D eigenvalue weighted by molar-refractivity contribution is 5.92. The molecule has 2 N–H and O–H groups in total. The fourth-order valence-electron chi connectivity index (χ4n) is 2.78. The van der Waals surface area contributed by atoms with E-state index in [9.17, 15) is 4.79 Å². The Balaban J connectivity index is 1.35. The van der Waals surface area contributed by atoms with Crippen molar-refractivity contribution in [3.63, 3.8) is 0 Å². The van der Waals surface area contributed by atoms with Gasteiger partial charge in [-0.25, -0.2) is 9.97 Å². The van der Waals surface area contributed by atoms with Gasteiger partial charge in [0.1, 0.15) is 5.69 Å². The molecule has 0 saturated heterocycles. The molecule has 2 heterocycles. The molecule has 0 bridgehead atoms. The minimum absolute atomic E-state index is 0.242. The molecule has 1 amide bonds. The molecule has 2 aromatic carbocycles. The van der Waals surface area contributed by atoms with Gasteiger partial charge in [0.25, 0.3) is 5.91 Å². The highest BCUT2D eigenvalue weighted by atomic mass is 16.7. The summed E-state index contributed by atoms with van der Waals surface area (Å²) in [6.45, 7) is 3.23. The first-order chi connectivity index (χ1) is 13.7. The van der Waals surface area contributed by atoms with Crippen molar-refractivity contribution in [1.82, 2.24) is 15.3 Å². The van der Waals surface area contributed by atoms with Crippen molar-refractivity contribution in [3.8, 4) is 11.5 Å². The molecule has 28 heavy (non-hydrogen) atoms. The largest absolute Gasteiger partial charge is 0.454 e. The number of carbonyl (C=O) groups excluding carboxylic acids is 1. The van der Waals surface area contributed by atoms with Crippen LogP contribution in [0.1, 0.15) is 27.2 Å². The van der Waals surface area contributed by atoms with E-state index in [4.69, 9.17) is 9.47 Å². The average Bonchev–Trinajstić information content (AvgIpc) is 3.20. The van der Waals surface area contributed by atoms with Gasteiger partial charge in [-0.05, 0) is 36.2 Å². The van der Waals surface area contributed by atoms with Gasteiger partial charge in [0.05, 0.1) is 0 Å². The number of aromatic nitrogens is 2. The summed E-state index contributed by atoms with van der Waals surface area (Å²) in [6.07, 6.45) is 1.57. The van der Waals surface area contributed by atoms with E-state index in [0.29, 0.717) is 24.7 Å². The zero-order valence-corrected chi connectivity index (χ0v) is 15.4. The molecule has 142 valence electrons. The van der Waals surface area contributed by atoms with Crippen LogP contribution in [0.5, 0.6) is 11.5 Å². The van der Waals surface area contributed by atoms with Crippen LogP contribution < -0.4 is 20.1 Å². The first-order valence-corrected chi connectivity index (χ1v) is 8.96. The van der Waals surface area contributed by atoms with Crippen molar-refractivity contribution in [2.75, 3.05) is 12.1 Å². The number of rotatable bonds is 6. The highest BCUT2D eigenvalue weighted by Crippen LogP contribution is 2.32. The summed E-state index contributed by atoms with van der Waals surface area (Å²) in [6, 6.07) is 15.3. The van der Waals surface area contributed by atoms with Crippen molar-refractivity contribution in [3.05, 3.63) is 77.1 Å². The fourth-order valence-corrected chi connectivity index (χ4v) is 2.78. The van der Waals surface area contributed by atoms with E-state index < -0.39 is 0 Å². The summed E-state index contributed by atoms with van der Waals surface area (Å²) in [7, 11) is 0. The fraction of sp³-hybridized carbons (Fsp3) is 0.190. The molecule has 1 aliphatic heterocycles. The van der Waals surface area contributed by atoms with Crippen LogP contribution in [-0.4, -0.2) is 22.7 Å². The van der Waals surface area contributed by atoms with E-state index in [-0.39, 0.29) is 12.7 Å². The highest BCUT2D eigenvalue weighted by Gasteiger charge is 2.13. The van der Waals surface area contributed by atoms with Crippen LogP contribution in [0.2, 0.25) is 0 Å². The van der Waals surface area contributed by atoms with Gasteiger partial charge < -0.3 is 20.1 Å². The first-order valence-electron chi connectivity index (χ1n) is 8.96. The third kappa shape index (κ3) is 4.20. The van der Waals surface area contributed by atoms with Crippen LogP contribution in [0.4, 0.5) is 5.95 Å². The van der Waals surface area contributed by atoms with E-state index in [2.05, 4.69) is 20.6 Å². The van der Waals surface area contributed by atoms with E-state index in [1.54, 1.807) is 12.3 Å². The van der Waals surface area contributed by atoms with Crippen LogP contribution in [0.15, 0.2) is 54.7 Å². The molecular weight excluding hydrogens is 356 g/mol. The standard InChI is InChI=1S/C21H20N4O3/c1-14-2-4-15(5-3-14)11-23-20(26)17-8-9-22-21(25-17)24-12-16-6-7-18-19(10-16)28-13-27-18/h2-10H,11-13H2,1H3,(H,23,26)(H,22,24,25). The summed E-state index contributed by atoms with van der Waals surface area (Å²) in [5.74, 6) is 1.62. The Kier molecular flexibility index (Phi) is 5.05. The van der Waals surface area contributed by atoms with Crippen LogP contribution in [0.25, 0.3) is 0 Å². The predicted molar refractivity (Wildman–Crippen MR) is 104 cm³/mol. The maximum atomic E-state index is 12.4. The monoisotopic (exact) mass is 376 g/mol. The molecule has 1 aliphatic rings. The molecule has 0 unspecified atom stereocenters. The number of nitrogens with one attached hydrogen (secondary N) is 2. The van der Waals surface area contributed by atoms with Crippen LogP contribution >= 0.6 is 0 Å². The lowest BCUT2D eigenvalue weighted by molar-refractivity contribution is 0.0946. The van der Waals surface area contributed by atoms with Crippen molar-refractivity contribution in [2.45, 2.75) is 20.0 Å². The maximum Gasteiger partial charge on any atom is 0.270 e. The van der Waals surface area contributed by atoms with Crippen LogP contribution in [0.3, 0.4) is 0 Å². The lowest BCUT2D eigenvalue weighted by Gasteiger charge is -2.08. The summed E-state index contributed by atoms with van der Waals surface area (Å²) < 4.78 is 10.7. The average molecular weight is 376 g/mol.